The molecule has 1 saturated heterocycles. The summed E-state index contributed by atoms with van der Waals surface area (Å²) in [5.41, 5.74) is 4.06. The third-order valence-corrected chi connectivity index (χ3v) is 5.49. The number of aryl methyl sites for hydroxylation is 1. The second-order valence-electron chi connectivity index (χ2n) is 6.56. The molecule has 0 saturated carbocycles. The van der Waals surface area contributed by atoms with Gasteiger partial charge < -0.3 is 4.90 Å². The molecule has 0 aliphatic carbocycles. The van der Waals surface area contributed by atoms with E-state index in [0.29, 0.717) is 11.1 Å². The summed E-state index contributed by atoms with van der Waals surface area (Å²) in [6.07, 6.45) is 4.14. The molecule has 118 valence electrons. The number of pyridine rings is 1. The highest BCUT2D eigenvalue weighted by atomic mass is 35.5. The Morgan fingerprint density at radius 1 is 1.32 bits per heavy atom. The zero-order valence-electron chi connectivity index (χ0n) is 13.7. The summed E-state index contributed by atoms with van der Waals surface area (Å²) in [7, 11) is 0. The predicted molar refractivity (Wildman–Crippen MR) is 99.7 cm³/mol. The fourth-order valence-corrected chi connectivity index (χ4v) is 4.28. The van der Waals surface area contributed by atoms with Gasteiger partial charge in [-0.15, -0.1) is 0 Å². The number of halogens is 1. The maximum atomic E-state index is 6.15. The molecule has 2 nitrogen and oxygen atoms in total. The number of fused-ring (bicyclic) bond motifs is 1. The molecule has 1 aliphatic heterocycles. The third kappa shape index (κ3) is 2.81. The highest BCUT2D eigenvalue weighted by molar-refractivity contribution is 7.98. The van der Waals surface area contributed by atoms with Crippen molar-refractivity contribution in [2.75, 3.05) is 30.0 Å². The molecule has 0 N–H and O–H groups in total. The van der Waals surface area contributed by atoms with Crippen molar-refractivity contribution in [1.82, 2.24) is 4.98 Å². The number of nitrogens with zero attached hydrogens (tertiary/aromatic N) is 2. The van der Waals surface area contributed by atoms with Crippen LogP contribution in [0.2, 0.25) is 5.15 Å². The van der Waals surface area contributed by atoms with Gasteiger partial charge in [0.15, 0.2) is 0 Å². The highest BCUT2D eigenvalue weighted by Crippen LogP contribution is 2.39. The molecule has 0 unspecified atom stereocenters. The molecule has 22 heavy (non-hydrogen) atoms. The minimum absolute atomic E-state index is 0.481. The maximum absolute atomic E-state index is 6.15. The molecule has 0 radical (unpaired) electrons. The molecule has 0 bridgehead atoms. The van der Waals surface area contributed by atoms with Crippen LogP contribution in [0, 0.1) is 12.8 Å². The van der Waals surface area contributed by atoms with Gasteiger partial charge in [-0.2, -0.15) is 11.8 Å². The lowest BCUT2D eigenvalue weighted by molar-refractivity contribution is 0.455. The molecule has 3 rings (SSSR count). The molecule has 2 aromatic rings. The Hall–Kier alpha value is -0.930. The summed E-state index contributed by atoms with van der Waals surface area (Å²) in [6, 6.07) is 4.36. The van der Waals surface area contributed by atoms with E-state index in [0.717, 1.165) is 19.0 Å². The van der Waals surface area contributed by atoms with Gasteiger partial charge in [-0.25, -0.2) is 4.98 Å². The Kier molecular flexibility index (Phi) is 4.56. The van der Waals surface area contributed by atoms with Crippen LogP contribution in [-0.2, 0) is 0 Å². The van der Waals surface area contributed by atoms with Gasteiger partial charge in [0.25, 0.3) is 0 Å². The van der Waals surface area contributed by atoms with Gasteiger partial charge in [0.05, 0.1) is 0 Å². The number of anilines is 1. The van der Waals surface area contributed by atoms with E-state index in [2.05, 4.69) is 43.0 Å². The third-order valence-electron chi connectivity index (χ3n) is 4.48. The largest absolute Gasteiger partial charge is 0.370 e. The van der Waals surface area contributed by atoms with E-state index in [-0.39, 0.29) is 0 Å². The van der Waals surface area contributed by atoms with Crippen LogP contribution in [0.25, 0.3) is 10.8 Å². The van der Waals surface area contributed by atoms with E-state index in [1.165, 1.54) is 33.3 Å². The Morgan fingerprint density at radius 3 is 2.68 bits per heavy atom. The van der Waals surface area contributed by atoms with Gasteiger partial charge in [-0.05, 0) is 47.4 Å². The van der Waals surface area contributed by atoms with Crippen molar-refractivity contribution in [2.45, 2.75) is 26.7 Å². The predicted octanol–water partition coefficient (Wildman–Crippen LogP) is 5.12. The number of benzene rings is 1. The summed E-state index contributed by atoms with van der Waals surface area (Å²) < 4.78 is 0. The molecule has 2 heterocycles. The van der Waals surface area contributed by atoms with Crippen LogP contribution in [0.5, 0.6) is 0 Å². The molecule has 1 aromatic carbocycles. The van der Waals surface area contributed by atoms with E-state index in [9.17, 15) is 0 Å². The van der Waals surface area contributed by atoms with E-state index in [1.54, 1.807) is 0 Å². The molecular weight excluding hydrogens is 312 g/mol. The lowest BCUT2D eigenvalue weighted by Gasteiger charge is -2.42. The molecule has 4 heteroatoms. The van der Waals surface area contributed by atoms with E-state index in [4.69, 9.17) is 11.6 Å². The summed E-state index contributed by atoms with van der Waals surface area (Å²) in [6.45, 7) is 9.00. The van der Waals surface area contributed by atoms with Crippen LogP contribution in [0.15, 0.2) is 18.3 Å². The highest BCUT2D eigenvalue weighted by Gasteiger charge is 2.29. The topological polar surface area (TPSA) is 16.1 Å². The summed E-state index contributed by atoms with van der Waals surface area (Å²) in [4.78, 5) is 6.84. The van der Waals surface area contributed by atoms with Gasteiger partial charge >= 0.3 is 0 Å². The first-order valence-electron chi connectivity index (χ1n) is 7.84. The molecule has 1 fully saturated rings. The average molecular weight is 335 g/mol. The summed E-state index contributed by atoms with van der Waals surface area (Å²) in [5, 5.41) is 3.08. The van der Waals surface area contributed by atoms with E-state index >= 15 is 0 Å². The Bertz CT molecular complexity index is 693. The zero-order chi connectivity index (χ0) is 15.9. The fourth-order valence-electron chi connectivity index (χ4n) is 3.44. The molecule has 0 atom stereocenters. The van der Waals surface area contributed by atoms with Crippen LogP contribution in [0.4, 0.5) is 5.69 Å². The second kappa shape index (κ2) is 6.29. The first kappa shape index (κ1) is 15.9. The van der Waals surface area contributed by atoms with Crippen molar-refractivity contribution in [1.29, 1.82) is 0 Å². The minimum atomic E-state index is 0.481. The standard InChI is InChI=1S/C18H23ClN2S/c1-11(2)14-5-12(3)18(21-8-13(9-21)10-22-4)16-7-20-17(19)6-15(14)16/h5-7,11,13H,8-10H2,1-4H3. The van der Waals surface area contributed by atoms with Crippen molar-refractivity contribution in [2.24, 2.45) is 5.92 Å². The number of hydrogen-bond acceptors (Lipinski definition) is 3. The number of rotatable bonds is 4. The molecule has 0 spiro atoms. The molecule has 1 aromatic heterocycles. The lowest BCUT2D eigenvalue weighted by atomic mass is 9.91. The summed E-state index contributed by atoms with van der Waals surface area (Å²) in [5.74, 6) is 2.55. The van der Waals surface area contributed by atoms with Gasteiger partial charge in [-0.1, -0.05) is 31.5 Å². The van der Waals surface area contributed by atoms with Crippen molar-refractivity contribution in [3.8, 4) is 0 Å². The van der Waals surface area contributed by atoms with Gasteiger partial charge in [0, 0.05) is 36.3 Å². The van der Waals surface area contributed by atoms with E-state index < -0.39 is 0 Å². The lowest BCUT2D eigenvalue weighted by Crippen LogP contribution is -2.48. The van der Waals surface area contributed by atoms with E-state index in [1.807, 2.05) is 24.0 Å². The van der Waals surface area contributed by atoms with Crippen LogP contribution < -0.4 is 4.90 Å². The van der Waals surface area contributed by atoms with Crippen molar-refractivity contribution in [3.63, 3.8) is 0 Å². The number of hydrogen-bond donors (Lipinski definition) is 0. The Balaban J connectivity index is 2.08. The minimum Gasteiger partial charge on any atom is -0.370 e. The summed E-state index contributed by atoms with van der Waals surface area (Å²) >= 11 is 8.09. The second-order valence-corrected chi connectivity index (χ2v) is 7.86. The first-order valence-corrected chi connectivity index (χ1v) is 9.61. The van der Waals surface area contributed by atoms with Crippen LogP contribution >= 0.6 is 23.4 Å². The van der Waals surface area contributed by atoms with Crippen LogP contribution in [0.3, 0.4) is 0 Å². The van der Waals surface area contributed by atoms with Crippen LogP contribution in [0.1, 0.15) is 30.9 Å². The van der Waals surface area contributed by atoms with Crippen molar-refractivity contribution >= 4 is 39.8 Å². The SMILES string of the molecule is CSCC1CN(c2c(C)cc(C(C)C)c3cc(Cl)ncc23)C1. The molecule has 1 aliphatic rings. The van der Waals surface area contributed by atoms with Gasteiger partial charge in [-0.3, -0.25) is 0 Å². The monoisotopic (exact) mass is 334 g/mol. The number of thioether (sulfide) groups is 1. The van der Waals surface area contributed by atoms with Crippen LogP contribution in [-0.4, -0.2) is 30.1 Å². The number of aromatic nitrogens is 1. The Labute approximate surface area is 142 Å². The van der Waals surface area contributed by atoms with Gasteiger partial charge in [0.1, 0.15) is 5.15 Å². The van der Waals surface area contributed by atoms with Crippen molar-refractivity contribution in [3.05, 3.63) is 34.6 Å². The Morgan fingerprint density at radius 2 is 2.05 bits per heavy atom. The first-order chi connectivity index (χ1) is 10.5. The zero-order valence-corrected chi connectivity index (χ0v) is 15.3. The maximum Gasteiger partial charge on any atom is 0.129 e. The van der Waals surface area contributed by atoms with Gasteiger partial charge in [0.2, 0.25) is 0 Å². The van der Waals surface area contributed by atoms with Crippen molar-refractivity contribution < 1.29 is 0 Å². The average Bonchev–Trinajstić information content (AvgIpc) is 2.43. The molecular formula is C18H23ClN2S. The normalized spacial score (nSPS) is 15.6. The molecule has 0 amide bonds. The quantitative estimate of drug-likeness (QED) is 0.722. The fraction of sp³-hybridized carbons (Fsp3) is 0.500. The smallest absolute Gasteiger partial charge is 0.129 e.